The van der Waals surface area contributed by atoms with Gasteiger partial charge in [-0.3, -0.25) is 0 Å². The van der Waals surface area contributed by atoms with E-state index in [9.17, 15) is 0 Å². The van der Waals surface area contributed by atoms with Gasteiger partial charge in [-0.15, -0.1) is 11.3 Å². The van der Waals surface area contributed by atoms with Crippen molar-refractivity contribution in [1.29, 1.82) is 0 Å². The van der Waals surface area contributed by atoms with Crippen molar-refractivity contribution >= 4 is 32.8 Å². The van der Waals surface area contributed by atoms with E-state index in [0.717, 1.165) is 22.4 Å². The number of pyridine rings is 1. The molecule has 3 aromatic heterocycles. The summed E-state index contributed by atoms with van der Waals surface area (Å²) >= 11 is 5.26. The second kappa shape index (κ2) is 4.03. The van der Waals surface area contributed by atoms with E-state index in [-0.39, 0.29) is 0 Å². The highest BCUT2D eigenvalue weighted by atomic mass is 79.9. The summed E-state index contributed by atoms with van der Waals surface area (Å²) in [6.07, 6.45) is 2.93. The second-order valence-electron chi connectivity index (χ2n) is 3.53. The first-order valence-corrected chi connectivity index (χ1v) is 6.66. The largest absolute Gasteiger partial charge is 0.302 e. The van der Waals surface area contributed by atoms with Crippen LogP contribution in [0.2, 0.25) is 0 Å². The molecule has 0 aromatic carbocycles. The Morgan fingerprint density at radius 2 is 2.19 bits per heavy atom. The van der Waals surface area contributed by atoms with E-state index in [4.69, 9.17) is 0 Å². The first-order chi connectivity index (χ1) is 7.84. The Labute approximate surface area is 106 Å². The molecule has 2 nitrogen and oxygen atoms in total. The highest BCUT2D eigenvalue weighted by Gasteiger charge is 2.08. The number of thiophene rings is 1. The highest BCUT2D eigenvalue weighted by Crippen LogP contribution is 2.21. The molecule has 0 N–H and O–H groups in total. The summed E-state index contributed by atoms with van der Waals surface area (Å²) < 4.78 is 3.05. The Balaban J connectivity index is 2.10. The van der Waals surface area contributed by atoms with Gasteiger partial charge in [-0.05, 0) is 39.5 Å². The summed E-state index contributed by atoms with van der Waals surface area (Å²) in [5.74, 6) is 1.07. The third-order valence-electron chi connectivity index (χ3n) is 2.49. The normalized spacial score (nSPS) is 11.1. The predicted octanol–water partition coefficient (Wildman–Crippen LogP) is 3.75. The summed E-state index contributed by atoms with van der Waals surface area (Å²) in [4.78, 5) is 5.89. The predicted molar refractivity (Wildman–Crippen MR) is 70.0 cm³/mol. The van der Waals surface area contributed by atoms with Gasteiger partial charge < -0.3 is 4.40 Å². The molecule has 0 unspecified atom stereocenters. The molecule has 0 bridgehead atoms. The Morgan fingerprint density at radius 1 is 1.25 bits per heavy atom. The minimum atomic E-state index is 0.883. The van der Waals surface area contributed by atoms with E-state index in [1.165, 1.54) is 4.88 Å². The van der Waals surface area contributed by atoms with Crippen molar-refractivity contribution < 1.29 is 0 Å². The summed E-state index contributed by atoms with van der Waals surface area (Å²) in [5.41, 5.74) is 1.12. The van der Waals surface area contributed by atoms with Crippen molar-refractivity contribution in [3.05, 3.63) is 57.2 Å². The Hall–Kier alpha value is -1.13. The third kappa shape index (κ3) is 1.68. The smallest absolute Gasteiger partial charge is 0.132 e. The average Bonchev–Trinajstić information content (AvgIpc) is 2.90. The maximum Gasteiger partial charge on any atom is 0.132 e. The number of aromatic nitrogens is 2. The van der Waals surface area contributed by atoms with Gasteiger partial charge >= 0.3 is 0 Å². The topological polar surface area (TPSA) is 17.3 Å². The maximum absolute atomic E-state index is 4.55. The van der Waals surface area contributed by atoms with Crippen LogP contribution in [0.3, 0.4) is 0 Å². The van der Waals surface area contributed by atoms with Crippen molar-refractivity contribution in [3.8, 4) is 0 Å². The maximum atomic E-state index is 4.55. The van der Waals surface area contributed by atoms with E-state index in [2.05, 4.69) is 55.1 Å². The Bertz CT molecular complexity index is 613. The van der Waals surface area contributed by atoms with Gasteiger partial charge in [0.1, 0.15) is 10.4 Å². The molecular formula is C12H9BrN2S. The zero-order chi connectivity index (χ0) is 11.0. The quantitative estimate of drug-likeness (QED) is 0.703. The molecule has 0 amide bonds. The number of hydrogen-bond acceptors (Lipinski definition) is 2. The molecule has 16 heavy (non-hydrogen) atoms. The lowest BCUT2D eigenvalue weighted by atomic mass is 10.3. The molecule has 0 aliphatic rings. The van der Waals surface area contributed by atoms with Crippen molar-refractivity contribution in [1.82, 2.24) is 9.38 Å². The third-order valence-corrected chi connectivity index (χ3v) is 3.95. The molecule has 0 atom stereocenters. The Kier molecular flexibility index (Phi) is 2.53. The monoisotopic (exact) mass is 292 g/mol. The molecule has 3 heterocycles. The van der Waals surface area contributed by atoms with Gasteiger partial charge in [0.2, 0.25) is 0 Å². The molecule has 3 rings (SSSR count). The number of nitrogens with zero attached hydrogens (tertiary/aromatic N) is 2. The minimum absolute atomic E-state index is 0.883. The highest BCUT2D eigenvalue weighted by molar-refractivity contribution is 9.10. The molecule has 80 valence electrons. The molecular weight excluding hydrogens is 284 g/mol. The zero-order valence-corrected chi connectivity index (χ0v) is 10.8. The lowest BCUT2D eigenvalue weighted by Gasteiger charge is -1.98. The minimum Gasteiger partial charge on any atom is -0.302 e. The van der Waals surface area contributed by atoms with Crippen LogP contribution in [-0.2, 0) is 6.42 Å². The van der Waals surface area contributed by atoms with Crippen LogP contribution in [0.4, 0.5) is 0 Å². The van der Waals surface area contributed by atoms with Crippen LogP contribution in [-0.4, -0.2) is 9.38 Å². The van der Waals surface area contributed by atoms with Crippen LogP contribution in [0.15, 0.2) is 46.5 Å². The van der Waals surface area contributed by atoms with Crippen molar-refractivity contribution in [2.45, 2.75) is 6.42 Å². The van der Waals surface area contributed by atoms with Crippen LogP contribution in [0.5, 0.6) is 0 Å². The number of imidazole rings is 1. The van der Waals surface area contributed by atoms with Gasteiger partial charge in [-0.2, -0.15) is 0 Å². The average molecular weight is 293 g/mol. The molecule has 0 aliphatic carbocycles. The van der Waals surface area contributed by atoms with Crippen LogP contribution >= 0.6 is 27.3 Å². The fourth-order valence-electron chi connectivity index (χ4n) is 1.75. The lowest BCUT2D eigenvalue weighted by molar-refractivity contribution is 0.971. The number of halogens is 1. The van der Waals surface area contributed by atoms with Gasteiger partial charge in [-0.25, -0.2) is 4.98 Å². The van der Waals surface area contributed by atoms with Crippen molar-refractivity contribution in [2.24, 2.45) is 0 Å². The zero-order valence-electron chi connectivity index (χ0n) is 8.43. The number of hydrogen-bond donors (Lipinski definition) is 0. The number of rotatable bonds is 2. The van der Waals surface area contributed by atoms with Gasteiger partial charge in [0, 0.05) is 17.5 Å². The molecule has 0 saturated carbocycles. The van der Waals surface area contributed by atoms with Crippen molar-refractivity contribution in [3.63, 3.8) is 0 Å². The van der Waals surface area contributed by atoms with Crippen molar-refractivity contribution in [2.75, 3.05) is 0 Å². The molecule has 0 spiro atoms. The van der Waals surface area contributed by atoms with Crippen LogP contribution in [0.25, 0.3) is 5.52 Å². The first-order valence-electron chi connectivity index (χ1n) is 4.98. The molecule has 0 radical (unpaired) electrons. The molecule has 0 saturated heterocycles. The van der Waals surface area contributed by atoms with Gasteiger partial charge in [0.05, 0.1) is 5.52 Å². The first kappa shape index (κ1) is 10.1. The molecule has 0 aliphatic heterocycles. The van der Waals surface area contributed by atoms with Gasteiger partial charge in [0.25, 0.3) is 0 Å². The summed E-state index contributed by atoms with van der Waals surface area (Å²) in [6, 6.07) is 10.3. The van der Waals surface area contributed by atoms with Gasteiger partial charge in [0.15, 0.2) is 0 Å². The SMILES string of the molecule is Brc1nc(Cc2cccs2)n2ccccc12. The molecule has 4 heteroatoms. The van der Waals surface area contributed by atoms with Crippen LogP contribution in [0, 0.1) is 0 Å². The summed E-state index contributed by atoms with van der Waals surface area (Å²) in [6.45, 7) is 0. The fraction of sp³-hybridized carbons (Fsp3) is 0.0833. The van der Waals surface area contributed by atoms with E-state index in [1.807, 2.05) is 12.1 Å². The number of fused-ring (bicyclic) bond motifs is 1. The van der Waals surface area contributed by atoms with E-state index in [0.29, 0.717) is 0 Å². The second-order valence-corrected chi connectivity index (χ2v) is 5.31. The van der Waals surface area contributed by atoms with Crippen LogP contribution < -0.4 is 0 Å². The fourth-order valence-corrected chi connectivity index (χ4v) is 2.98. The van der Waals surface area contributed by atoms with E-state index >= 15 is 0 Å². The molecule has 0 fully saturated rings. The van der Waals surface area contributed by atoms with Crippen LogP contribution in [0.1, 0.15) is 10.7 Å². The van der Waals surface area contributed by atoms with E-state index in [1.54, 1.807) is 11.3 Å². The lowest BCUT2D eigenvalue weighted by Crippen LogP contribution is -1.93. The summed E-state index contributed by atoms with van der Waals surface area (Å²) in [7, 11) is 0. The summed E-state index contributed by atoms with van der Waals surface area (Å²) in [5, 5.41) is 2.10. The van der Waals surface area contributed by atoms with E-state index < -0.39 is 0 Å². The molecule has 3 aromatic rings. The van der Waals surface area contributed by atoms with Gasteiger partial charge in [-0.1, -0.05) is 12.1 Å². The Morgan fingerprint density at radius 3 is 3.00 bits per heavy atom. The standard InChI is InChI=1S/C12H9BrN2S/c13-12-10-5-1-2-6-15(10)11(14-12)8-9-4-3-7-16-9/h1-7H,8H2.